The molecular formula is C14H19N5. The largest absolute Gasteiger partial charge is 0.383 e. The number of aromatic nitrogens is 4. The highest BCUT2D eigenvalue weighted by molar-refractivity contribution is 5.49. The van der Waals surface area contributed by atoms with Crippen molar-refractivity contribution in [3.63, 3.8) is 0 Å². The molecule has 0 unspecified atom stereocenters. The summed E-state index contributed by atoms with van der Waals surface area (Å²) in [5.74, 6) is 2.74. The van der Waals surface area contributed by atoms with Crippen LogP contribution in [0, 0.1) is 27.7 Å². The van der Waals surface area contributed by atoms with Gasteiger partial charge in [-0.2, -0.15) is 5.10 Å². The van der Waals surface area contributed by atoms with Crippen molar-refractivity contribution in [2.45, 2.75) is 46.5 Å². The van der Waals surface area contributed by atoms with Gasteiger partial charge in [-0.05, 0) is 46.1 Å². The molecule has 0 aliphatic heterocycles. The first kappa shape index (κ1) is 12.1. The number of nitrogen functional groups attached to an aromatic ring is 1. The minimum absolute atomic E-state index is 0.486. The lowest BCUT2D eigenvalue weighted by atomic mass is 10.2. The molecule has 3 rings (SSSR count). The highest BCUT2D eigenvalue weighted by Gasteiger charge is 2.28. The van der Waals surface area contributed by atoms with Gasteiger partial charge in [-0.15, -0.1) is 0 Å². The van der Waals surface area contributed by atoms with Crippen molar-refractivity contribution in [1.82, 2.24) is 19.7 Å². The van der Waals surface area contributed by atoms with Gasteiger partial charge in [0, 0.05) is 17.2 Å². The maximum absolute atomic E-state index is 6.03. The Morgan fingerprint density at radius 1 is 1.05 bits per heavy atom. The summed E-state index contributed by atoms with van der Waals surface area (Å²) in [6.45, 7) is 8.10. The summed E-state index contributed by atoms with van der Waals surface area (Å²) in [5.41, 5.74) is 10.3. The number of hydrogen-bond donors (Lipinski definition) is 1. The SMILES string of the molecule is Cc1nn(-c2nc(C3CC3)nc(N)c2C)c(C)c1C. The Balaban J connectivity index is 2.20. The Bertz CT molecular complexity index is 652. The molecule has 0 bridgehead atoms. The molecule has 0 aromatic carbocycles. The minimum atomic E-state index is 0.486. The summed E-state index contributed by atoms with van der Waals surface area (Å²) >= 11 is 0. The van der Waals surface area contributed by atoms with Gasteiger partial charge in [-0.3, -0.25) is 0 Å². The van der Waals surface area contributed by atoms with Gasteiger partial charge in [0.25, 0.3) is 0 Å². The van der Waals surface area contributed by atoms with Gasteiger partial charge in [0.1, 0.15) is 11.6 Å². The minimum Gasteiger partial charge on any atom is -0.383 e. The molecule has 1 aliphatic carbocycles. The summed E-state index contributed by atoms with van der Waals surface area (Å²) in [5, 5.41) is 4.57. The number of anilines is 1. The molecule has 0 saturated heterocycles. The molecule has 0 atom stereocenters. The van der Waals surface area contributed by atoms with Gasteiger partial charge in [0.05, 0.1) is 5.69 Å². The highest BCUT2D eigenvalue weighted by Crippen LogP contribution is 2.39. The molecule has 2 aromatic heterocycles. The predicted molar refractivity (Wildman–Crippen MR) is 74.5 cm³/mol. The van der Waals surface area contributed by atoms with Crippen molar-refractivity contribution >= 4 is 5.82 Å². The Morgan fingerprint density at radius 2 is 1.74 bits per heavy atom. The molecule has 2 heterocycles. The molecule has 2 N–H and O–H groups in total. The molecule has 1 aliphatic rings. The molecule has 100 valence electrons. The van der Waals surface area contributed by atoms with Gasteiger partial charge in [-0.25, -0.2) is 14.6 Å². The van der Waals surface area contributed by atoms with Crippen LogP contribution in [0.1, 0.15) is 47.1 Å². The first-order chi connectivity index (χ1) is 8.99. The standard InChI is InChI=1S/C14H19N5/c1-7-9(3)18-19(10(7)4)14-8(2)12(15)16-13(17-14)11-5-6-11/h11H,5-6H2,1-4H3,(H2,15,16,17). The van der Waals surface area contributed by atoms with Gasteiger partial charge < -0.3 is 5.73 Å². The van der Waals surface area contributed by atoms with Crippen molar-refractivity contribution in [1.29, 1.82) is 0 Å². The van der Waals surface area contributed by atoms with Crippen molar-refractivity contribution in [2.24, 2.45) is 0 Å². The number of hydrogen-bond acceptors (Lipinski definition) is 4. The average Bonchev–Trinajstić information content (AvgIpc) is 3.18. The first-order valence-corrected chi connectivity index (χ1v) is 6.66. The number of rotatable bonds is 2. The average molecular weight is 257 g/mol. The smallest absolute Gasteiger partial charge is 0.162 e. The van der Waals surface area contributed by atoms with E-state index < -0.39 is 0 Å². The van der Waals surface area contributed by atoms with E-state index in [1.807, 2.05) is 18.5 Å². The molecule has 5 heteroatoms. The van der Waals surface area contributed by atoms with Gasteiger partial charge in [0.2, 0.25) is 0 Å². The summed E-state index contributed by atoms with van der Waals surface area (Å²) in [4.78, 5) is 9.10. The zero-order valence-corrected chi connectivity index (χ0v) is 11.9. The second kappa shape index (κ2) is 4.05. The van der Waals surface area contributed by atoms with Crippen molar-refractivity contribution in [2.75, 3.05) is 5.73 Å². The second-order valence-electron chi connectivity index (χ2n) is 5.40. The quantitative estimate of drug-likeness (QED) is 0.896. The molecule has 0 radical (unpaired) electrons. The Labute approximate surface area is 112 Å². The third kappa shape index (κ3) is 1.89. The predicted octanol–water partition coefficient (Wildman–Crippen LogP) is 2.36. The molecule has 1 saturated carbocycles. The normalized spacial score (nSPS) is 14.9. The van der Waals surface area contributed by atoms with E-state index in [0.29, 0.717) is 11.7 Å². The molecule has 5 nitrogen and oxygen atoms in total. The van der Waals surface area contributed by atoms with Gasteiger partial charge >= 0.3 is 0 Å². The fourth-order valence-corrected chi connectivity index (χ4v) is 2.20. The van der Waals surface area contributed by atoms with E-state index in [0.717, 1.165) is 41.4 Å². The van der Waals surface area contributed by atoms with Crippen LogP contribution in [0.2, 0.25) is 0 Å². The van der Waals surface area contributed by atoms with Crippen LogP contribution < -0.4 is 5.73 Å². The highest BCUT2D eigenvalue weighted by atomic mass is 15.3. The topological polar surface area (TPSA) is 69.6 Å². The van der Waals surface area contributed by atoms with E-state index in [1.54, 1.807) is 0 Å². The molecule has 1 fully saturated rings. The number of aryl methyl sites for hydroxylation is 1. The zero-order valence-electron chi connectivity index (χ0n) is 11.9. The van der Waals surface area contributed by atoms with Crippen LogP contribution in [0.4, 0.5) is 5.82 Å². The van der Waals surface area contributed by atoms with Crippen LogP contribution in [0.5, 0.6) is 0 Å². The lowest BCUT2D eigenvalue weighted by molar-refractivity contribution is 0.774. The summed E-state index contributed by atoms with van der Waals surface area (Å²) < 4.78 is 1.89. The van der Waals surface area contributed by atoms with Crippen LogP contribution in [-0.2, 0) is 0 Å². The fraction of sp³-hybridized carbons (Fsp3) is 0.500. The first-order valence-electron chi connectivity index (χ1n) is 6.66. The summed E-state index contributed by atoms with van der Waals surface area (Å²) in [6, 6.07) is 0. The van der Waals surface area contributed by atoms with E-state index >= 15 is 0 Å². The number of nitrogens with two attached hydrogens (primary N) is 1. The van der Waals surface area contributed by atoms with Crippen LogP contribution >= 0.6 is 0 Å². The Kier molecular flexibility index (Phi) is 2.59. The number of nitrogens with zero attached hydrogens (tertiary/aromatic N) is 4. The molecule has 0 spiro atoms. The van der Waals surface area contributed by atoms with Gasteiger partial charge in [0.15, 0.2) is 5.82 Å². The van der Waals surface area contributed by atoms with E-state index in [2.05, 4.69) is 28.9 Å². The van der Waals surface area contributed by atoms with Crippen LogP contribution in [0.3, 0.4) is 0 Å². The third-order valence-corrected chi connectivity index (χ3v) is 3.97. The molecule has 0 amide bonds. The maximum Gasteiger partial charge on any atom is 0.162 e. The monoisotopic (exact) mass is 257 g/mol. The van der Waals surface area contributed by atoms with Gasteiger partial charge in [-0.1, -0.05) is 0 Å². The van der Waals surface area contributed by atoms with E-state index in [9.17, 15) is 0 Å². The van der Waals surface area contributed by atoms with E-state index in [-0.39, 0.29) is 0 Å². The van der Waals surface area contributed by atoms with Crippen LogP contribution in [0.15, 0.2) is 0 Å². The molecular weight excluding hydrogens is 238 g/mol. The lowest BCUT2D eigenvalue weighted by Crippen LogP contribution is -2.11. The van der Waals surface area contributed by atoms with E-state index in [4.69, 9.17) is 5.73 Å². The molecule has 19 heavy (non-hydrogen) atoms. The van der Waals surface area contributed by atoms with Crippen molar-refractivity contribution in [3.05, 3.63) is 28.3 Å². The van der Waals surface area contributed by atoms with Crippen molar-refractivity contribution in [3.8, 4) is 5.82 Å². The van der Waals surface area contributed by atoms with E-state index in [1.165, 1.54) is 5.56 Å². The lowest BCUT2D eigenvalue weighted by Gasteiger charge is -2.11. The maximum atomic E-state index is 6.03. The summed E-state index contributed by atoms with van der Waals surface area (Å²) in [6.07, 6.45) is 2.33. The third-order valence-electron chi connectivity index (χ3n) is 3.97. The van der Waals surface area contributed by atoms with Crippen LogP contribution in [0.25, 0.3) is 5.82 Å². The second-order valence-corrected chi connectivity index (χ2v) is 5.40. The Morgan fingerprint density at radius 3 is 2.26 bits per heavy atom. The van der Waals surface area contributed by atoms with Crippen molar-refractivity contribution < 1.29 is 0 Å². The Hall–Kier alpha value is -1.91. The summed E-state index contributed by atoms with van der Waals surface area (Å²) in [7, 11) is 0. The molecule has 2 aromatic rings. The van der Waals surface area contributed by atoms with Crippen LogP contribution in [-0.4, -0.2) is 19.7 Å². The zero-order chi connectivity index (χ0) is 13.7. The fourth-order valence-electron chi connectivity index (χ4n) is 2.20.